The highest BCUT2D eigenvalue weighted by molar-refractivity contribution is 8.22. The van der Waals surface area contributed by atoms with Gasteiger partial charge in [-0.2, -0.15) is 0 Å². The fourth-order valence-electron chi connectivity index (χ4n) is 6.77. The van der Waals surface area contributed by atoms with Gasteiger partial charge >= 0.3 is 0 Å². The van der Waals surface area contributed by atoms with Gasteiger partial charge in [0.05, 0.1) is 14.2 Å². The van der Waals surface area contributed by atoms with E-state index < -0.39 is 0 Å². The predicted molar refractivity (Wildman–Crippen MR) is 135 cm³/mol. The van der Waals surface area contributed by atoms with Gasteiger partial charge in [0.2, 0.25) is 4.38 Å². The molecule has 0 radical (unpaired) electrons. The summed E-state index contributed by atoms with van der Waals surface area (Å²) in [6, 6.07) is 6.07. The van der Waals surface area contributed by atoms with Crippen molar-refractivity contribution in [2.45, 2.75) is 72.3 Å². The van der Waals surface area contributed by atoms with Crippen molar-refractivity contribution in [1.29, 1.82) is 0 Å². The molecule has 5 heteroatoms. The number of thiocarbonyl (C=S) groups is 1. The molecule has 0 amide bonds. The Labute approximate surface area is 199 Å². The first-order chi connectivity index (χ1) is 14.6. The van der Waals surface area contributed by atoms with Gasteiger partial charge in [-0.15, -0.1) is 0 Å². The van der Waals surface area contributed by atoms with E-state index in [1.807, 2.05) is 12.3 Å². The summed E-state index contributed by atoms with van der Waals surface area (Å²) in [5.74, 6) is 3.62. The summed E-state index contributed by atoms with van der Waals surface area (Å²) in [5, 5.41) is 0. The molecule has 0 N–H and O–H groups in total. The van der Waals surface area contributed by atoms with Gasteiger partial charge in [-0.1, -0.05) is 52.3 Å². The van der Waals surface area contributed by atoms with Crippen molar-refractivity contribution in [3.05, 3.63) is 23.8 Å². The van der Waals surface area contributed by atoms with E-state index in [1.54, 1.807) is 14.2 Å². The summed E-state index contributed by atoms with van der Waals surface area (Å²) >= 11 is 7.01. The van der Waals surface area contributed by atoms with Gasteiger partial charge in [0.25, 0.3) is 0 Å². The molecule has 174 valence electrons. The second-order valence-corrected chi connectivity index (χ2v) is 11.9. The molecule has 2 saturated carbocycles. The Bertz CT molecular complexity index is 756. The van der Waals surface area contributed by atoms with E-state index in [9.17, 15) is 0 Å². The van der Waals surface area contributed by atoms with E-state index >= 15 is 0 Å². The molecule has 0 spiro atoms. The summed E-state index contributed by atoms with van der Waals surface area (Å²) in [5.41, 5.74) is 1.83. The molecular formula is C26H40O3S2. The van der Waals surface area contributed by atoms with Crippen LogP contribution >= 0.6 is 24.0 Å². The molecular weight excluding hydrogens is 424 g/mol. The van der Waals surface area contributed by atoms with Crippen molar-refractivity contribution in [3.63, 3.8) is 0 Å². The molecule has 3 nitrogen and oxygen atoms in total. The average Bonchev–Trinajstić information content (AvgIpc) is 2.74. The number of hydrogen-bond acceptors (Lipinski definition) is 5. The predicted octanol–water partition coefficient (Wildman–Crippen LogP) is 7.68. The maximum atomic E-state index is 6.40. The fourth-order valence-corrected chi connectivity index (χ4v) is 7.10. The number of ether oxygens (including phenoxy) is 3. The molecule has 0 heterocycles. The first kappa shape index (κ1) is 24.7. The van der Waals surface area contributed by atoms with Crippen LogP contribution < -0.4 is 9.47 Å². The van der Waals surface area contributed by atoms with Gasteiger partial charge < -0.3 is 14.2 Å². The molecule has 2 fully saturated rings. The van der Waals surface area contributed by atoms with Crippen molar-refractivity contribution in [3.8, 4) is 11.5 Å². The second kappa shape index (κ2) is 9.91. The Balaban J connectivity index is 1.97. The number of fused-ring (bicyclic) bond motifs is 1. The fraction of sp³-hybridized carbons (Fsp3) is 0.731. The van der Waals surface area contributed by atoms with Crippen LogP contribution in [0.15, 0.2) is 18.2 Å². The Morgan fingerprint density at radius 3 is 2.32 bits per heavy atom. The monoisotopic (exact) mass is 464 g/mol. The average molecular weight is 465 g/mol. The quantitative estimate of drug-likeness (QED) is 0.403. The standard InChI is InChI=1S/C26H40O3S2/c1-17-9-10-23-25(2,3)11-8-12-26(23,4)21(17)16-22(29-24(30)31-7)18-13-19(27-5)15-20(14-18)28-6/h13-15,17,21-23H,8-12,16H2,1-7H3/t17-,21-,22?,23-,26+/m0/s1. The normalized spacial score (nSPS) is 30.7. The van der Waals surface area contributed by atoms with E-state index in [0.717, 1.165) is 29.4 Å². The van der Waals surface area contributed by atoms with Crippen LogP contribution in [0.1, 0.15) is 77.9 Å². The van der Waals surface area contributed by atoms with Crippen LogP contribution in [0.25, 0.3) is 0 Å². The Morgan fingerprint density at radius 2 is 1.74 bits per heavy atom. The highest BCUT2D eigenvalue weighted by Gasteiger charge is 2.54. The molecule has 0 aromatic heterocycles. The minimum Gasteiger partial charge on any atom is -0.497 e. The molecule has 0 bridgehead atoms. The third-order valence-electron chi connectivity index (χ3n) is 8.34. The molecule has 0 aliphatic heterocycles. The molecule has 1 aromatic carbocycles. The lowest BCUT2D eigenvalue weighted by Gasteiger charge is -2.59. The van der Waals surface area contributed by atoms with Crippen molar-refractivity contribution in [2.75, 3.05) is 20.5 Å². The highest BCUT2D eigenvalue weighted by atomic mass is 32.2. The topological polar surface area (TPSA) is 27.7 Å². The van der Waals surface area contributed by atoms with Gasteiger partial charge in [0.1, 0.15) is 17.6 Å². The summed E-state index contributed by atoms with van der Waals surface area (Å²) in [6.45, 7) is 10.00. The highest BCUT2D eigenvalue weighted by Crippen LogP contribution is 2.62. The number of rotatable bonds is 6. The van der Waals surface area contributed by atoms with Gasteiger partial charge in [-0.3, -0.25) is 0 Å². The summed E-state index contributed by atoms with van der Waals surface area (Å²) in [4.78, 5) is 0. The Kier molecular flexibility index (Phi) is 7.89. The van der Waals surface area contributed by atoms with E-state index in [0.29, 0.717) is 27.0 Å². The van der Waals surface area contributed by atoms with Crippen molar-refractivity contribution >= 4 is 28.4 Å². The minimum absolute atomic E-state index is 0.1000. The Morgan fingerprint density at radius 1 is 1.10 bits per heavy atom. The van der Waals surface area contributed by atoms with Gasteiger partial charge in [-0.05, 0) is 90.4 Å². The van der Waals surface area contributed by atoms with Gasteiger partial charge in [-0.25, -0.2) is 0 Å². The van der Waals surface area contributed by atoms with Gasteiger partial charge in [0, 0.05) is 6.07 Å². The lowest BCUT2D eigenvalue weighted by Crippen LogP contribution is -2.51. The second-order valence-electron chi connectivity index (χ2n) is 10.5. The van der Waals surface area contributed by atoms with Crippen LogP contribution in [0.4, 0.5) is 0 Å². The largest absolute Gasteiger partial charge is 0.497 e. The van der Waals surface area contributed by atoms with Crippen LogP contribution in [-0.4, -0.2) is 24.9 Å². The minimum atomic E-state index is -0.1000. The van der Waals surface area contributed by atoms with Crippen LogP contribution in [-0.2, 0) is 4.74 Å². The lowest BCUT2D eigenvalue weighted by atomic mass is 9.46. The number of thioether (sulfide) groups is 1. The van der Waals surface area contributed by atoms with Gasteiger partial charge in [0.15, 0.2) is 0 Å². The zero-order valence-corrected chi connectivity index (χ0v) is 22.0. The maximum Gasteiger partial charge on any atom is 0.220 e. The zero-order chi connectivity index (χ0) is 22.8. The zero-order valence-electron chi connectivity index (χ0n) is 20.3. The first-order valence-corrected chi connectivity index (χ1v) is 13.3. The molecule has 1 aromatic rings. The number of benzene rings is 1. The van der Waals surface area contributed by atoms with Crippen molar-refractivity contribution < 1.29 is 14.2 Å². The van der Waals surface area contributed by atoms with Crippen molar-refractivity contribution in [2.24, 2.45) is 28.6 Å². The summed E-state index contributed by atoms with van der Waals surface area (Å²) in [7, 11) is 3.39. The molecule has 1 unspecified atom stereocenters. The molecule has 2 aliphatic carbocycles. The van der Waals surface area contributed by atoms with Crippen molar-refractivity contribution in [1.82, 2.24) is 0 Å². The first-order valence-electron chi connectivity index (χ1n) is 11.6. The Hall–Kier alpha value is -0.940. The van der Waals surface area contributed by atoms with Crippen LogP contribution in [0.3, 0.4) is 0 Å². The number of hydrogen-bond donors (Lipinski definition) is 0. The van der Waals surface area contributed by atoms with E-state index in [2.05, 4.69) is 39.8 Å². The third-order valence-corrected chi connectivity index (χ3v) is 9.37. The van der Waals surface area contributed by atoms with Crippen LogP contribution in [0.2, 0.25) is 0 Å². The molecule has 2 aliphatic rings. The maximum absolute atomic E-state index is 6.40. The lowest BCUT2D eigenvalue weighted by molar-refractivity contribution is -0.105. The van der Waals surface area contributed by atoms with E-state index in [-0.39, 0.29) is 6.10 Å². The van der Waals surface area contributed by atoms with Crippen LogP contribution in [0.5, 0.6) is 11.5 Å². The smallest absolute Gasteiger partial charge is 0.220 e. The van der Waals surface area contributed by atoms with E-state index in [1.165, 1.54) is 43.9 Å². The summed E-state index contributed by atoms with van der Waals surface area (Å²) < 4.78 is 18.1. The molecule has 31 heavy (non-hydrogen) atoms. The third kappa shape index (κ3) is 5.19. The molecule has 3 rings (SSSR count). The molecule has 0 saturated heterocycles. The van der Waals surface area contributed by atoms with E-state index in [4.69, 9.17) is 26.4 Å². The number of methoxy groups -OCH3 is 2. The molecule has 5 atom stereocenters. The SMILES string of the molecule is COc1cc(OC)cc(C(C[C@H]2[C@@H](C)CC[C@H]3C(C)(C)CCC[C@]23C)OC(=S)SC)c1. The summed E-state index contributed by atoms with van der Waals surface area (Å²) in [6.07, 6.45) is 9.49. The van der Waals surface area contributed by atoms with Crippen LogP contribution in [0, 0.1) is 28.6 Å².